The predicted molar refractivity (Wildman–Crippen MR) is 84.7 cm³/mol. The maximum absolute atomic E-state index is 12.5. The molecule has 0 bridgehead atoms. The van der Waals surface area contributed by atoms with Gasteiger partial charge in [-0.25, -0.2) is 0 Å². The van der Waals surface area contributed by atoms with E-state index in [4.69, 9.17) is 10.5 Å². The summed E-state index contributed by atoms with van der Waals surface area (Å²) in [6.45, 7) is 1.34. The zero-order valence-electron chi connectivity index (χ0n) is 13.1. The van der Waals surface area contributed by atoms with Crippen LogP contribution in [0.15, 0.2) is 47.1 Å². The first-order chi connectivity index (χ1) is 11.4. The number of hydrogen-bond donors (Lipinski definition) is 1. The molecule has 1 aliphatic carbocycles. The van der Waals surface area contributed by atoms with Gasteiger partial charge in [0.2, 0.25) is 0 Å². The van der Waals surface area contributed by atoms with E-state index in [1.54, 1.807) is 6.07 Å². The van der Waals surface area contributed by atoms with Crippen LogP contribution in [0.4, 0.5) is 5.69 Å². The second-order valence-corrected chi connectivity index (χ2v) is 5.83. The summed E-state index contributed by atoms with van der Waals surface area (Å²) in [5.74, 6) is -0.732. The molecule has 0 saturated carbocycles. The lowest BCUT2D eigenvalue weighted by Crippen LogP contribution is -2.30. The maximum atomic E-state index is 12.5. The van der Waals surface area contributed by atoms with Crippen LogP contribution in [-0.4, -0.2) is 16.5 Å². The van der Waals surface area contributed by atoms with E-state index < -0.39 is 10.8 Å². The van der Waals surface area contributed by atoms with Gasteiger partial charge in [-0.15, -0.1) is 0 Å². The molecule has 0 fully saturated rings. The number of non-ortho nitro benzene ring substituents is 1. The molecule has 7 nitrogen and oxygen atoms in total. The molecular weight excluding hydrogens is 312 g/mol. The Labute approximate surface area is 137 Å². The minimum atomic E-state index is -0.723. The van der Waals surface area contributed by atoms with Crippen LogP contribution >= 0.6 is 0 Å². The Balaban J connectivity index is 2.21. The Morgan fingerprint density at radius 2 is 2.12 bits per heavy atom. The molecule has 24 heavy (non-hydrogen) atoms. The van der Waals surface area contributed by atoms with Crippen molar-refractivity contribution in [3.63, 3.8) is 0 Å². The highest BCUT2D eigenvalue weighted by atomic mass is 16.6. The number of nitrogens with zero attached hydrogens (tertiary/aromatic N) is 1. The van der Waals surface area contributed by atoms with Gasteiger partial charge in [0, 0.05) is 36.5 Å². The standard InChI is InChI=1S/C17H16N2O5/c1-9(20)14-15(10-4-2-5-11(8-10)19(22)23)16-12(21)6-3-7-13(16)24-17(14)18/h2,4-5,8,15H,3,6-7,18H2,1H3. The normalized spacial score (nSPS) is 20.5. The first kappa shape index (κ1) is 15.9. The van der Waals surface area contributed by atoms with Gasteiger partial charge in [-0.05, 0) is 18.9 Å². The number of ketones is 2. The van der Waals surface area contributed by atoms with Gasteiger partial charge in [-0.3, -0.25) is 19.7 Å². The third kappa shape index (κ3) is 2.58. The number of carbonyl (C=O) groups excluding carboxylic acids is 2. The third-order valence-corrected chi connectivity index (χ3v) is 4.28. The van der Waals surface area contributed by atoms with E-state index >= 15 is 0 Å². The molecule has 3 rings (SSSR count). The monoisotopic (exact) mass is 328 g/mol. The number of benzene rings is 1. The van der Waals surface area contributed by atoms with Gasteiger partial charge in [0.1, 0.15) is 5.76 Å². The van der Waals surface area contributed by atoms with E-state index in [-0.39, 0.29) is 28.7 Å². The molecule has 0 spiro atoms. The lowest BCUT2D eigenvalue weighted by atomic mass is 9.76. The minimum absolute atomic E-state index is 0.0348. The molecule has 1 atom stereocenters. The summed E-state index contributed by atoms with van der Waals surface area (Å²) in [6.07, 6.45) is 1.57. The largest absolute Gasteiger partial charge is 0.445 e. The van der Waals surface area contributed by atoms with E-state index in [9.17, 15) is 19.7 Å². The highest BCUT2D eigenvalue weighted by molar-refractivity contribution is 6.04. The molecule has 2 aliphatic rings. The van der Waals surface area contributed by atoms with Crippen molar-refractivity contribution in [2.24, 2.45) is 5.73 Å². The fourth-order valence-corrected chi connectivity index (χ4v) is 3.26. The van der Waals surface area contributed by atoms with Gasteiger partial charge in [-0.2, -0.15) is 0 Å². The van der Waals surface area contributed by atoms with Crippen LogP contribution in [0.3, 0.4) is 0 Å². The van der Waals surface area contributed by atoms with Crippen molar-refractivity contribution in [2.75, 3.05) is 0 Å². The highest BCUT2D eigenvalue weighted by Gasteiger charge is 2.39. The van der Waals surface area contributed by atoms with E-state index in [1.807, 2.05) is 0 Å². The number of nitro benzene ring substituents is 1. The fraction of sp³-hybridized carbons (Fsp3) is 0.294. The Hall–Kier alpha value is -2.96. The number of nitrogens with two attached hydrogens (primary N) is 1. The summed E-state index contributed by atoms with van der Waals surface area (Å²) >= 11 is 0. The molecule has 2 N–H and O–H groups in total. The number of ether oxygens (including phenoxy) is 1. The van der Waals surface area contributed by atoms with Crippen molar-refractivity contribution in [2.45, 2.75) is 32.1 Å². The molecule has 124 valence electrons. The van der Waals surface area contributed by atoms with Crippen LogP contribution in [0.1, 0.15) is 37.7 Å². The van der Waals surface area contributed by atoms with Gasteiger partial charge in [0.15, 0.2) is 17.4 Å². The summed E-state index contributed by atoms with van der Waals surface area (Å²) in [6, 6.07) is 5.93. The van der Waals surface area contributed by atoms with Crippen molar-refractivity contribution >= 4 is 17.3 Å². The van der Waals surface area contributed by atoms with E-state index in [2.05, 4.69) is 0 Å². The highest BCUT2D eigenvalue weighted by Crippen LogP contribution is 2.44. The molecule has 0 amide bonds. The quantitative estimate of drug-likeness (QED) is 0.673. The van der Waals surface area contributed by atoms with Crippen LogP contribution in [0.5, 0.6) is 0 Å². The lowest BCUT2D eigenvalue weighted by Gasteiger charge is -2.32. The van der Waals surface area contributed by atoms with Crippen molar-refractivity contribution in [1.82, 2.24) is 0 Å². The molecule has 1 heterocycles. The third-order valence-electron chi connectivity index (χ3n) is 4.28. The first-order valence-electron chi connectivity index (χ1n) is 7.59. The molecule has 0 radical (unpaired) electrons. The number of rotatable bonds is 3. The fourth-order valence-electron chi connectivity index (χ4n) is 3.26. The predicted octanol–water partition coefficient (Wildman–Crippen LogP) is 2.48. The van der Waals surface area contributed by atoms with Crippen LogP contribution in [0, 0.1) is 10.1 Å². The van der Waals surface area contributed by atoms with Crippen LogP contribution in [-0.2, 0) is 14.3 Å². The molecule has 1 aliphatic heterocycles. The Kier molecular flexibility index (Phi) is 3.92. The Bertz CT molecular complexity index is 822. The number of allylic oxidation sites excluding steroid dienone is 3. The van der Waals surface area contributed by atoms with Gasteiger partial charge < -0.3 is 10.5 Å². The van der Waals surface area contributed by atoms with Crippen molar-refractivity contribution in [1.29, 1.82) is 0 Å². The average molecular weight is 328 g/mol. The molecule has 0 aromatic heterocycles. The molecular formula is C17H16N2O5. The lowest BCUT2D eigenvalue weighted by molar-refractivity contribution is -0.384. The van der Waals surface area contributed by atoms with Crippen LogP contribution in [0.2, 0.25) is 0 Å². The summed E-state index contributed by atoms with van der Waals surface area (Å²) < 4.78 is 5.53. The smallest absolute Gasteiger partial charge is 0.269 e. The average Bonchev–Trinajstić information content (AvgIpc) is 2.53. The topological polar surface area (TPSA) is 113 Å². The van der Waals surface area contributed by atoms with Crippen molar-refractivity contribution in [3.05, 3.63) is 62.7 Å². The molecule has 7 heteroatoms. The van der Waals surface area contributed by atoms with Gasteiger partial charge >= 0.3 is 0 Å². The number of Topliss-reactive ketones (excluding diaryl/α,β-unsaturated/α-hetero) is 2. The van der Waals surface area contributed by atoms with E-state index in [0.717, 1.165) is 0 Å². The van der Waals surface area contributed by atoms with Crippen LogP contribution < -0.4 is 5.73 Å². The Morgan fingerprint density at radius 1 is 1.38 bits per heavy atom. The minimum Gasteiger partial charge on any atom is -0.445 e. The van der Waals surface area contributed by atoms with E-state index in [0.29, 0.717) is 36.2 Å². The van der Waals surface area contributed by atoms with Crippen molar-refractivity contribution < 1.29 is 19.2 Å². The zero-order valence-corrected chi connectivity index (χ0v) is 13.1. The number of nitro groups is 1. The van der Waals surface area contributed by atoms with Gasteiger partial charge in [0.05, 0.1) is 10.5 Å². The maximum Gasteiger partial charge on any atom is 0.269 e. The SMILES string of the molecule is CC(=O)C1=C(N)OC2=C(C(=O)CCC2)C1c1cccc([N+](=O)[O-])c1. The summed E-state index contributed by atoms with van der Waals surface area (Å²) in [5, 5.41) is 11.1. The summed E-state index contributed by atoms with van der Waals surface area (Å²) in [7, 11) is 0. The zero-order chi connectivity index (χ0) is 17.4. The molecule has 1 aromatic rings. The van der Waals surface area contributed by atoms with Crippen molar-refractivity contribution in [3.8, 4) is 0 Å². The van der Waals surface area contributed by atoms with Gasteiger partial charge in [0.25, 0.3) is 5.69 Å². The Morgan fingerprint density at radius 3 is 2.79 bits per heavy atom. The number of hydrogen-bond acceptors (Lipinski definition) is 6. The molecule has 1 aromatic carbocycles. The van der Waals surface area contributed by atoms with E-state index in [1.165, 1.54) is 25.1 Å². The molecule has 0 saturated heterocycles. The summed E-state index contributed by atoms with van der Waals surface area (Å²) in [5.41, 5.74) is 6.86. The second kappa shape index (κ2) is 5.92. The summed E-state index contributed by atoms with van der Waals surface area (Å²) in [4.78, 5) is 35.1. The molecule has 1 unspecified atom stereocenters. The van der Waals surface area contributed by atoms with Crippen LogP contribution in [0.25, 0.3) is 0 Å². The number of carbonyl (C=O) groups is 2. The second-order valence-electron chi connectivity index (χ2n) is 5.83. The first-order valence-corrected chi connectivity index (χ1v) is 7.59. The van der Waals surface area contributed by atoms with Gasteiger partial charge in [-0.1, -0.05) is 12.1 Å².